The fraction of sp³-hybridized carbons (Fsp3) is 0.351. The van der Waals surface area contributed by atoms with Crippen molar-refractivity contribution < 1.29 is 47.4 Å². The lowest BCUT2D eigenvalue weighted by Crippen LogP contribution is -2.53. The second kappa shape index (κ2) is 13.2. The summed E-state index contributed by atoms with van der Waals surface area (Å²) < 4.78 is 40.3. The molecule has 2 aliphatic heterocycles. The Morgan fingerprint density at radius 1 is 1.02 bits per heavy atom. The van der Waals surface area contributed by atoms with Gasteiger partial charge in [0.2, 0.25) is 11.8 Å². The van der Waals surface area contributed by atoms with Gasteiger partial charge in [-0.25, -0.2) is 4.98 Å². The Morgan fingerprint density at radius 2 is 1.74 bits per heavy atom. The van der Waals surface area contributed by atoms with E-state index in [4.69, 9.17) is 28.3 Å². The molecule has 3 aromatic rings. The van der Waals surface area contributed by atoms with Crippen molar-refractivity contribution in [3.05, 3.63) is 98.7 Å². The van der Waals surface area contributed by atoms with Gasteiger partial charge in [-0.1, -0.05) is 59.1 Å². The molecule has 0 spiro atoms. The molecule has 2 saturated heterocycles. The number of hydrazine groups is 1. The van der Waals surface area contributed by atoms with E-state index in [1.54, 1.807) is 43.3 Å². The van der Waals surface area contributed by atoms with Gasteiger partial charge in [0.05, 0.1) is 33.8 Å². The molecule has 3 heterocycles. The maximum atomic E-state index is 15.2. The zero-order chi connectivity index (χ0) is 38.1. The zero-order valence-corrected chi connectivity index (χ0v) is 29.4. The number of phenolic OH excluding ortho intramolecular Hbond substituents is 1. The van der Waals surface area contributed by atoms with Gasteiger partial charge in [-0.05, 0) is 73.1 Å². The van der Waals surface area contributed by atoms with Crippen LogP contribution >= 0.6 is 23.2 Å². The minimum atomic E-state index is -4.76. The Bertz CT molecular complexity index is 2110. The number of likely N-dealkylation sites (tertiary alicyclic amines) is 1. The van der Waals surface area contributed by atoms with Gasteiger partial charge in [0.15, 0.2) is 5.82 Å². The number of imide groups is 2. The molecule has 0 radical (unpaired) electrons. The first-order valence-corrected chi connectivity index (χ1v) is 17.5. The summed E-state index contributed by atoms with van der Waals surface area (Å²) in [5.74, 6) is -8.48. The van der Waals surface area contributed by atoms with E-state index in [1.807, 2.05) is 6.08 Å². The summed E-state index contributed by atoms with van der Waals surface area (Å²) in [6, 6.07) is 11.8. The molecular weight excluding hydrogens is 740 g/mol. The average Bonchev–Trinajstić information content (AvgIpc) is 3.47. The summed E-state index contributed by atoms with van der Waals surface area (Å²) in [4.78, 5) is 73.7. The minimum absolute atomic E-state index is 0.0235. The number of pyridine rings is 1. The van der Waals surface area contributed by atoms with Gasteiger partial charge in [0, 0.05) is 30.1 Å². The highest BCUT2D eigenvalue weighted by Gasteiger charge is 2.70. The second-order valence-electron chi connectivity index (χ2n) is 13.8. The number of fused-ring (bicyclic) bond motifs is 4. The quantitative estimate of drug-likeness (QED) is 0.177. The number of anilines is 1. The molecule has 6 atom stereocenters. The largest absolute Gasteiger partial charge is 0.508 e. The maximum absolute atomic E-state index is 15.2. The number of hydrogen-bond donors (Lipinski definition) is 3. The van der Waals surface area contributed by atoms with Crippen molar-refractivity contribution >= 4 is 58.6 Å². The third-order valence-electron chi connectivity index (χ3n) is 11.0. The number of carboxylic acid groups (broad SMARTS) is 1. The number of allylic oxidation sites excluding steroid dienone is 2. The van der Waals surface area contributed by atoms with Crippen molar-refractivity contribution in [2.75, 3.05) is 12.0 Å². The summed E-state index contributed by atoms with van der Waals surface area (Å²) >= 11 is 12.5. The Morgan fingerprint density at radius 3 is 2.38 bits per heavy atom. The van der Waals surface area contributed by atoms with E-state index in [0.717, 1.165) is 4.90 Å². The first-order chi connectivity index (χ1) is 25.0. The van der Waals surface area contributed by atoms with Gasteiger partial charge < -0.3 is 10.2 Å². The lowest BCUT2D eigenvalue weighted by molar-refractivity contribution is -0.142. The van der Waals surface area contributed by atoms with E-state index in [0.29, 0.717) is 44.6 Å². The molecule has 276 valence electrons. The fourth-order valence-electron chi connectivity index (χ4n) is 8.69. The summed E-state index contributed by atoms with van der Waals surface area (Å²) in [5.41, 5.74) is 1.73. The molecule has 1 saturated carbocycles. The van der Waals surface area contributed by atoms with Crippen LogP contribution in [0, 0.1) is 30.6 Å². The highest BCUT2D eigenvalue weighted by atomic mass is 35.5. The van der Waals surface area contributed by atoms with Gasteiger partial charge >= 0.3 is 12.1 Å². The van der Waals surface area contributed by atoms with Crippen molar-refractivity contribution in [2.45, 2.75) is 50.1 Å². The molecule has 1 aromatic heterocycles. The smallest absolute Gasteiger partial charge is 0.417 e. The Balaban J connectivity index is 1.39. The summed E-state index contributed by atoms with van der Waals surface area (Å²) in [6.07, 6.45) is -2.52. The third kappa shape index (κ3) is 5.82. The number of aryl methyl sites for hydroxylation is 1. The number of aromatic hydroxyl groups is 1. The highest BCUT2D eigenvalue weighted by molar-refractivity contribution is 6.33. The molecule has 0 bridgehead atoms. The van der Waals surface area contributed by atoms with Crippen LogP contribution < -0.4 is 5.43 Å². The van der Waals surface area contributed by atoms with Crippen molar-refractivity contribution in [1.82, 2.24) is 14.9 Å². The minimum Gasteiger partial charge on any atom is -0.508 e. The molecule has 4 amide bonds. The molecule has 11 nitrogen and oxygen atoms in total. The number of carbonyl (C=O) groups is 5. The standard InChI is InChI=1S/C37H31Cl2F3N4O7/c1-17-13-18(4-11-27(17)47)30-22-9-10-23-29(34(52)45(32(23)50)12-2-3-28(48)49)24(22)15-25-33(51)46(35(53)36(25,30)19-5-7-21(38)8-6-19)44-31-26(39)14-20(16-43-31)37(40,41)42/h4-9,11,13-14,16,23-25,29-30,47H,2-3,10,12,15H2,1H3,(H,43,44)(H,48,49)/t23-,24+,25-,29-,30-,36+/m0/s1. The molecule has 3 fully saturated rings. The lowest BCUT2D eigenvalue weighted by Gasteiger charge is -2.50. The normalized spacial score (nSPS) is 26.7. The average molecular weight is 772 g/mol. The number of carbonyl (C=O) groups excluding carboxylic acids is 4. The molecule has 7 rings (SSSR count). The van der Waals surface area contributed by atoms with E-state index in [-0.39, 0.29) is 43.8 Å². The fourth-order valence-corrected chi connectivity index (χ4v) is 9.02. The van der Waals surface area contributed by atoms with Gasteiger partial charge in [0.1, 0.15) is 5.75 Å². The molecule has 2 aromatic carbocycles. The van der Waals surface area contributed by atoms with Crippen molar-refractivity contribution in [3.8, 4) is 5.75 Å². The molecule has 3 N–H and O–H groups in total. The third-order valence-corrected chi connectivity index (χ3v) is 11.5. The number of alkyl halides is 3. The van der Waals surface area contributed by atoms with Crippen LogP contribution in [0.4, 0.5) is 19.0 Å². The van der Waals surface area contributed by atoms with Gasteiger partial charge in [-0.2, -0.15) is 18.2 Å². The number of halogens is 5. The Labute approximate surface area is 310 Å². The maximum Gasteiger partial charge on any atom is 0.417 e. The predicted molar refractivity (Wildman–Crippen MR) is 183 cm³/mol. The van der Waals surface area contributed by atoms with Crippen molar-refractivity contribution in [1.29, 1.82) is 0 Å². The Hall–Kier alpha value is -4.95. The van der Waals surface area contributed by atoms with Gasteiger partial charge in [-0.3, -0.25) is 34.3 Å². The molecule has 16 heteroatoms. The second-order valence-corrected chi connectivity index (χ2v) is 14.6. The van der Waals surface area contributed by atoms with Crippen LogP contribution in [-0.4, -0.2) is 61.2 Å². The van der Waals surface area contributed by atoms with E-state index in [2.05, 4.69) is 10.4 Å². The number of aliphatic carboxylic acids is 1. The molecular formula is C37H31Cl2F3N4O7. The van der Waals surface area contributed by atoms with Crippen LogP contribution in [0.3, 0.4) is 0 Å². The van der Waals surface area contributed by atoms with Gasteiger partial charge in [-0.15, -0.1) is 0 Å². The number of nitrogens with one attached hydrogen (secondary N) is 1. The lowest BCUT2D eigenvalue weighted by atomic mass is 9.49. The molecule has 4 aliphatic rings. The van der Waals surface area contributed by atoms with Crippen molar-refractivity contribution in [2.24, 2.45) is 23.7 Å². The number of rotatable bonds is 8. The van der Waals surface area contributed by atoms with Crippen LogP contribution in [-0.2, 0) is 35.6 Å². The summed E-state index contributed by atoms with van der Waals surface area (Å²) in [7, 11) is 0. The van der Waals surface area contributed by atoms with E-state index in [9.17, 15) is 37.5 Å². The van der Waals surface area contributed by atoms with E-state index >= 15 is 4.79 Å². The summed E-state index contributed by atoms with van der Waals surface area (Å²) in [5, 5.41) is 20.2. The van der Waals surface area contributed by atoms with Crippen LogP contribution in [0.25, 0.3) is 0 Å². The monoisotopic (exact) mass is 770 g/mol. The zero-order valence-electron chi connectivity index (χ0n) is 27.9. The molecule has 0 unspecified atom stereocenters. The number of hydrogen-bond acceptors (Lipinski definition) is 8. The van der Waals surface area contributed by atoms with Crippen LogP contribution in [0.5, 0.6) is 5.75 Å². The number of amides is 4. The number of nitrogens with zero attached hydrogens (tertiary/aromatic N) is 3. The number of phenols is 1. The Kier molecular flexibility index (Phi) is 9.05. The SMILES string of the molecule is Cc1cc([C@H]2C3=CC[C@@H]4C(=O)N(CCCC(=O)O)C(=O)[C@@H]4[C@@H]3C[C@H]3C(=O)N(Nc4ncc(C(F)(F)F)cc4Cl)C(=O)[C@@]23c2ccc(Cl)cc2)ccc1O. The number of benzene rings is 2. The predicted octanol–water partition coefficient (Wildman–Crippen LogP) is 6.27. The topological polar surface area (TPSA) is 157 Å². The highest BCUT2D eigenvalue weighted by Crippen LogP contribution is 2.64. The molecule has 2 aliphatic carbocycles. The van der Waals surface area contributed by atoms with Crippen molar-refractivity contribution in [3.63, 3.8) is 0 Å². The first kappa shape index (κ1) is 36.4. The molecule has 53 heavy (non-hydrogen) atoms. The number of carboxylic acids is 1. The number of aromatic nitrogens is 1. The van der Waals surface area contributed by atoms with Crippen LogP contribution in [0.15, 0.2) is 66.4 Å². The van der Waals surface area contributed by atoms with Crippen LogP contribution in [0.2, 0.25) is 10.0 Å². The van der Waals surface area contributed by atoms with Gasteiger partial charge in [0.25, 0.3) is 11.8 Å². The van der Waals surface area contributed by atoms with Crippen LogP contribution in [0.1, 0.15) is 53.9 Å². The first-order valence-electron chi connectivity index (χ1n) is 16.8. The van der Waals surface area contributed by atoms with E-state index in [1.165, 1.54) is 6.07 Å². The van der Waals surface area contributed by atoms with E-state index < -0.39 is 81.4 Å². The summed E-state index contributed by atoms with van der Waals surface area (Å²) in [6.45, 7) is 1.58.